The molecule has 1 amide bonds. The molecule has 0 aliphatic rings. The van der Waals surface area contributed by atoms with E-state index in [0.717, 1.165) is 10.2 Å². The fraction of sp³-hybridized carbons (Fsp3) is 0. The third kappa shape index (κ3) is 2.33. The van der Waals surface area contributed by atoms with Crippen molar-refractivity contribution >= 4 is 38.3 Å². The molecular weight excluding hydrogens is 277 g/mol. The number of aromatic nitrogens is 1. The Morgan fingerprint density at radius 1 is 1.25 bits per heavy atom. The summed E-state index contributed by atoms with van der Waals surface area (Å²) < 4.78 is 14.4. The van der Waals surface area contributed by atoms with Crippen molar-refractivity contribution in [2.45, 2.75) is 0 Å². The van der Waals surface area contributed by atoms with Crippen LogP contribution in [0.5, 0.6) is 0 Å². The number of benzene rings is 2. The van der Waals surface area contributed by atoms with E-state index < -0.39 is 11.7 Å². The first kappa shape index (κ1) is 12.6. The van der Waals surface area contributed by atoms with Gasteiger partial charge in [0.25, 0.3) is 5.91 Å². The van der Waals surface area contributed by atoms with Crippen LogP contribution >= 0.6 is 11.3 Å². The second-order valence-corrected chi connectivity index (χ2v) is 5.23. The van der Waals surface area contributed by atoms with Crippen LogP contribution in [-0.2, 0) is 0 Å². The van der Waals surface area contributed by atoms with Gasteiger partial charge in [0.1, 0.15) is 5.82 Å². The smallest absolute Gasteiger partial charge is 0.258 e. The van der Waals surface area contributed by atoms with E-state index in [9.17, 15) is 9.18 Å². The van der Waals surface area contributed by atoms with Gasteiger partial charge in [0.15, 0.2) is 5.13 Å². The molecule has 100 valence electrons. The number of carbonyl (C=O) groups is 1. The molecule has 0 aliphatic heterocycles. The van der Waals surface area contributed by atoms with Crippen LogP contribution in [-0.4, -0.2) is 10.9 Å². The number of nitrogens with two attached hydrogens (primary N) is 1. The summed E-state index contributed by atoms with van der Waals surface area (Å²) in [6, 6.07) is 11.1. The lowest BCUT2D eigenvalue weighted by atomic mass is 10.2. The highest BCUT2D eigenvalue weighted by Gasteiger charge is 2.11. The molecule has 0 unspecified atom stereocenters. The number of rotatable bonds is 2. The van der Waals surface area contributed by atoms with Crippen LogP contribution in [0.3, 0.4) is 0 Å². The second-order valence-electron chi connectivity index (χ2n) is 4.17. The highest BCUT2D eigenvalue weighted by atomic mass is 32.1. The summed E-state index contributed by atoms with van der Waals surface area (Å²) in [6.07, 6.45) is 0. The lowest BCUT2D eigenvalue weighted by Crippen LogP contribution is -2.13. The van der Waals surface area contributed by atoms with Gasteiger partial charge in [-0.2, -0.15) is 0 Å². The van der Waals surface area contributed by atoms with Gasteiger partial charge in [-0.15, -0.1) is 0 Å². The number of nitrogens with one attached hydrogen (secondary N) is 1. The fourth-order valence-electron chi connectivity index (χ4n) is 1.86. The number of amides is 1. The van der Waals surface area contributed by atoms with Gasteiger partial charge in [0, 0.05) is 5.69 Å². The van der Waals surface area contributed by atoms with E-state index in [1.54, 1.807) is 24.3 Å². The van der Waals surface area contributed by atoms with Gasteiger partial charge in [-0.05, 0) is 30.3 Å². The maximum Gasteiger partial charge on any atom is 0.258 e. The largest absolute Gasteiger partial charge is 0.375 e. The molecule has 1 aromatic heterocycles. The molecule has 6 heteroatoms. The lowest BCUT2D eigenvalue weighted by Gasteiger charge is -2.05. The molecule has 3 N–H and O–H groups in total. The van der Waals surface area contributed by atoms with E-state index in [2.05, 4.69) is 10.3 Å². The van der Waals surface area contributed by atoms with E-state index in [1.165, 1.54) is 29.5 Å². The van der Waals surface area contributed by atoms with Crippen LogP contribution in [0.15, 0.2) is 42.5 Å². The van der Waals surface area contributed by atoms with Gasteiger partial charge in [-0.1, -0.05) is 23.5 Å². The van der Waals surface area contributed by atoms with Gasteiger partial charge in [-0.25, -0.2) is 9.37 Å². The molecule has 0 aliphatic carbocycles. The van der Waals surface area contributed by atoms with Crippen LogP contribution in [0.2, 0.25) is 0 Å². The van der Waals surface area contributed by atoms with Crippen molar-refractivity contribution in [3.05, 3.63) is 53.8 Å². The zero-order valence-electron chi connectivity index (χ0n) is 10.3. The second kappa shape index (κ2) is 4.90. The van der Waals surface area contributed by atoms with Crippen molar-refractivity contribution in [1.82, 2.24) is 4.98 Å². The molecule has 0 saturated heterocycles. The molecule has 3 rings (SSSR count). The third-order valence-electron chi connectivity index (χ3n) is 2.78. The Balaban J connectivity index is 1.89. The minimum absolute atomic E-state index is 0.0106. The zero-order chi connectivity index (χ0) is 14.1. The van der Waals surface area contributed by atoms with Crippen molar-refractivity contribution in [1.29, 1.82) is 0 Å². The Morgan fingerprint density at radius 2 is 2.05 bits per heavy atom. The molecule has 4 nitrogen and oxygen atoms in total. The number of hydrogen-bond donors (Lipinski definition) is 2. The van der Waals surface area contributed by atoms with Crippen LogP contribution in [0.25, 0.3) is 10.2 Å². The highest BCUT2D eigenvalue weighted by molar-refractivity contribution is 7.22. The Kier molecular flexibility index (Phi) is 3.08. The summed E-state index contributed by atoms with van der Waals surface area (Å²) in [5.41, 5.74) is 6.99. The molecule has 2 aromatic carbocycles. The number of carbonyl (C=O) groups excluding carboxylic acids is 1. The van der Waals surface area contributed by atoms with E-state index in [-0.39, 0.29) is 5.56 Å². The number of halogens is 1. The van der Waals surface area contributed by atoms with Gasteiger partial charge >= 0.3 is 0 Å². The van der Waals surface area contributed by atoms with Crippen LogP contribution in [0, 0.1) is 5.82 Å². The predicted octanol–water partition coefficient (Wildman–Crippen LogP) is 3.27. The molecule has 20 heavy (non-hydrogen) atoms. The molecule has 0 spiro atoms. The molecule has 3 aromatic rings. The summed E-state index contributed by atoms with van der Waals surface area (Å²) in [4.78, 5) is 16.1. The Labute approximate surface area is 118 Å². The fourth-order valence-corrected chi connectivity index (χ4v) is 2.64. The van der Waals surface area contributed by atoms with Crippen molar-refractivity contribution in [2.75, 3.05) is 11.1 Å². The molecule has 0 radical (unpaired) electrons. The predicted molar refractivity (Wildman–Crippen MR) is 78.4 cm³/mol. The number of nitrogens with zero attached hydrogens (tertiary/aromatic N) is 1. The minimum atomic E-state index is -0.548. The van der Waals surface area contributed by atoms with Crippen LogP contribution in [0.4, 0.5) is 15.2 Å². The maximum atomic E-state index is 13.5. The lowest BCUT2D eigenvalue weighted by molar-refractivity contribution is 0.102. The van der Waals surface area contributed by atoms with Crippen molar-refractivity contribution < 1.29 is 9.18 Å². The van der Waals surface area contributed by atoms with Crippen molar-refractivity contribution in [2.24, 2.45) is 0 Å². The Hall–Kier alpha value is -2.47. The normalized spacial score (nSPS) is 10.7. The number of nitrogen functional groups attached to an aromatic ring is 1. The van der Waals surface area contributed by atoms with Crippen molar-refractivity contribution in [3.63, 3.8) is 0 Å². The molecule has 0 fully saturated rings. The summed E-state index contributed by atoms with van der Waals surface area (Å²) in [7, 11) is 0. The Bertz CT molecular complexity index is 800. The summed E-state index contributed by atoms with van der Waals surface area (Å²) >= 11 is 1.33. The quantitative estimate of drug-likeness (QED) is 0.760. The third-order valence-corrected chi connectivity index (χ3v) is 3.63. The standard InChI is InChI=1S/C14H10FN3OS/c15-10-4-2-1-3-9(10)13(19)17-8-5-6-11-12(7-8)20-14(16)18-11/h1-7H,(H2,16,18)(H,17,19). The van der Waals surface area contributed by atoms with E-state index in [1.807, 2.05) is 0 Å². The topological polar surface area (TPSA) is 68.0 Å². The van der Waals surface area contributed by atoms with E-state index >= 15 is 0 Å². The highest BCUT2D eigenvalue weighted by Crippen LogP contribution is 2.26. The van der Waals surface area contributed by atoms with Gasteiger partial charge in [0.2, 0.25) is 0 Å². The monoisotopic (exact) mass is 287 g/mol. The molecular formula is C14H10FN3OS. The minimum Gasteiger partial charge on any atom is -0.375 e. The Morgan fingerprint density at radius 3 is 2.85 bits per heavy atom. The first-order valence-electron chi connectivity index (χ1n) is 5.85. The number of fused-ring (bicyclic) bond motifs is 1. The molecule has 0 atom stereocenters. The number of thiazole rings is 1. The first-order chi connectivity index (χ1) is 9.63. The summed E-state index contributed by atoms with van der Waals surface area (Å²) in [5, 5.41) is 3.13. The van der Waals surface area contributed by atoms with Gasteiger partial charge in [0.05, 0.1) is 15.8 Å². The first-order valence-corrected chi connectivity index (χ1v) is 6.67. The summed E-state index contributed by atoms with van der Waals surface area (Å²) in [6.45, 7) is 0. The molecule has 0 bridgehead atoms. The van der Waals surface area contributed by atoms with Gasteiger partial charge in [-0.3, -0.25) is 4.79 Å². The zero-order valence-corrected chi connectivity index (χ0v) is 11.1. The van der Waals surface area contributed by atoms with E-state index in [0.29, 0.717) is 10.8 Å². The number of hydrogen-bond acceptors (Lipinski definition) is 4. The van der Waals surface area contributed by atoms with Crippen molar-refractivity contribution in [3.8, 4) is 0 Å². The van der Waals surface area contributed by atoms with E-state index in [4.69, 9.17) is 5.73 Å². The molecule has 0 saturated carbocycles. The maximum absolute atomic E-state index is 13.5. The van der Waals surface area contributed by atoms with Crippen LogP contribution < -0.4 is 11.1 Å². The van der Waals surface area contributed by atoms with Crippen LogP contribution in [0.1, 0.15) is 10.4 Å². The molecule has 1 heterocycles. The SMILES string of the molecule is Nc1nc2ccc(NC(=O)c3ccccc3F)cc2s1. The average Bonchev–Trinajstić information content (AvgIpc) is 2.78. The van der Waals surface area contributed by atoms with Gasteiger partial charge < -0.3 is 11.1 Å². The number of anilines is 2. The summed E-state index contributed by atoms with van der Waals surface area (Å²) in [5.74, 6) is -1.03. The average molecular weight is 287 g/mol.